The van der Waals surface area contributed by atoms with Crippen molar-refractivity contribution in [2.24, 2.45) is 0 Å². The molecule has 0 amide bonds. The van der Waals surface area contributed by atoms with Crippen LogP contribution in [0.15, 0.2) is 0 Å². The third kappa shape index (κ3) is 6.55. The number of rotatable bonds is 0. The van der Waals surface area contributed by atoms with Gasteiger partial charge in [-0.15, -0.1) is 0 Å². The summed E-state index contributed by atoms with van der Waals surface area (Å²) >= 11 is -98.0. The molecule has 2 spiro atoms. The van der Waals surface area contributed by atoms with Crippen molar-refractivity contribution in [1.29, 1.82) is 0 Å². The van der Waals surface area contributed by atoms with E-state index in [1.165, 1.54) is 0 Å². The molecule has 12 aliphatic rings. The SMILES string of the molecule is [K+].[K+].[K+].[K+].[O]=[W]12([O-])[O][W]3(=[O])([O-])[O][W]4(=[O])([O-])[O][W](=[O])([O-])([O]1)[O][W]15(=[O])[O][W](=[O])([O]4)([O]1)[O][W]1(=[O])([O]5)[O][W]4(=[O])([O][W]5(=[O])([O]2)[O][W](=[O])([O]3)([O]5)[O]4)[O]1. The van der Waals surface area contributed by atoms with Crippen molar-refractivity contribution in [3.63, 3.8) is 0 Å². The summed E-state index contributed by atoms with van der Waals surface area (Å²) in [6, 6.07) is 0. The summed E-state index contributed by atoms with van der Waals surface area (Å²) in [7, 11) is 0. The molecule has 0 N–H and O–H groups in total. The Morgan fingerprint density at radius 1 is 0.217 bits per heavy atom. The summed E-state index contributed by atoms with van der Waals surface area (Å²) in [6.45, 7) is 0. The first-order valence-electron chi connectivity index (χ1n) is 8.33. The van der Waals surface area contributed by atoms with Gasteiger partial charge in [0.25, 0.3) is 0 Å². The summed E-state index contributed by atoms with van der Waals surface area (Å²) in [5.74, 6) is 0. The molecule has 12 aliphatic heterocycles. The molecular weight excluding hydrogens is 2510 g/mol. The van der Waals surface area contributed by atoms with Crippen LogP contribution in [-0.2, 0) is 234 Å². The molecule has 8 bridgehead atoms. The van der Waals surface area contributed by atoms with Crippen LogP contribution in [0.1, 0.15) is 0 Å². The quantitative estimate of drug-likeness (QED) is 0.203. The monoisotopic (exact) mass is 2510 g/mol. The van der Waals surface area contributed by atoms with Crippen LogP contribution in [-0.4, -0.2) is 0 Å². The molecule has 32 nitrogen and oxygen atoms in total. The predicted octanol–water partition coefficient (Wildman–Crippen LogP) is -19.2. The van der Waals surface area contributed by atoms with Gasteiger partial charge < -0.3 is 0 Å². The van der Waals surface area contributed by atoms with Crippen LogP contribution in [0.3, 0.4) is 0 Å². The average molecular weight is 2510 g/mol. The Hall–Kier alpha value is 10.5. The zero-order valence-corrected chi connectivity index (χ0v) is 63.0. The minimum atomic E-state index is -10.6. The number of hydrogen-bond acceptors (Lipinski definition) is 32. The minimum absolute atomic E-state index is 0. The van der Waals surface area contributed by atoms with E-state index in [0.717, 1.165) is 0 Å². The van der Waals surface area contributed by atoms with Crippen LogP contribution >= 0.6 is 0 Å². The number of hydrogen-bond donors (Lipinski definition) is 0. The third-order valence-electron chi connectivity index (χ3n) is 4.00. The summed E-state index contributed by atoms with van der Waals surface area (Å²) in [5, 5.41) is 0. The molecule has 256 valence electrons. The molecule has 0 radical (unpaired) electrons. The molecule has 46 heavy (non-hydrogen) atoms. The van der Waals surface area contributed by atoms with Gasteiger partial charge in [-0.05, 0) is 0 Å². The third-order valence-corrected chi connectivity index (χ3v) is 268. The predicted molar refractivity (Wildman–Crippen MR) is 26.4 cm³/mol. The van der Waals surface area contributed by atoms with E-state index in [4.69, 9.17) is 0 Å². The molecule has 12 saturated heterocycles. The molecule has 0 saturated carbocycles. The molecule has 0 atom stereocenters. The van der Waals surface area contributed by atoms with Gasteiger partial charge in [0.15, 0.2) is 0 Å². The van der Waals surface area contributed by atoms with E-state index in [-0.39, 0.29) is 206 Å². The maximum absolute atomic E-state index is 13.8. The van der Waals surface area contributed by atoms with E-state index in [2.05, 4.69) is 36.8 Å². The fourth-order valence-corrected chi connectivity index (χ4v) is 481. The Labute approximate surface area is 439 Å². The van der Waals surface area contributed by atoms with Crippen molar-refractivity contribution >= 4 is 0 Å². The van der Waals surface area contributed by atoms with Crippen molar-refractivity contribution in [3.8, 4) is 0 Å². The second-order valence-corrected chi connectivity index (χ2v) is 138. The molecule has 0 aliphatic carbocycles. The topological polar surface area (TPSA) is 429 Å². The Kier molecular flexibility index (Phi) is 10.3. The molecule has 0 unspecified atom stereocenters. The van der Waals surface area contributed by atoms with Gasteiger partial charge in [0.2, 0.25) is 0 Å². The van der Waals surface area contributed by atoms with Crippen LogP contribution in [0.5, 0.6) is 0 Å². The van der Waals surface area contributed by atoms with Gasteiger partial charge in [-0.25, -0.2) is 0 Å². The summed E-state index contributed by atoms with van der Waals surface area (Å²) < 4.78 is 262. The second-order valence-electron chi connectivity index (χ2n) is 8.03. The Morgan fingerprint density at radius 3 is 0.457 bits per heavy atom. The van der Waals surface area contributed by atoms with E-state index >= 15 is 0 Å². The van der Waals surface area contributed by atoms with Crippen LogP contribution in [0.2, 0.25) is 0 Å². The molecule has 46 heteroatoms. The summed E-state index contributed by atoms with van der Waals surface area (Å²) in [6.07, 6.45) is 0. The van der Waals surface area contributed by atoms with Crippen molar-refractivity contribution in [1.82, 2.24) is 0 Å². The normalized spacial score (nSPS) is 53.6. The average Bonchev–Trinajstić information content (AvgIpc) is 2.29. The molecular formula is K4O32W10. The summed E-state index contributed by atoms with van der Waals surface area (Å²) in [4.78, 5) is 0. The van der Waals surface area contributed by atoms with Crippen LogP contribution in [0.25, 0.3) is 0 Å². The van der Waals surface area contributed by atoms with E-state index in [9.17, 15) is 49.0 Å². The maximum atomic E-state index is 13.8. The molecule has 12 rings (SSSR count). The van der Waals surface area contributed by atoms with Crippen molar-refractivity contribution < 1.29 is 454 Å². The van der Waals surface area contributed by atoms with Crippen LogP contribution < -0.4 is 221 Å². The van der Waals surface area contributed by atoms with E-state index < -0.39 is 163 Å². The van der Waals surface area contributed by atoms with Crippen molar-refractivity contribution in [3.05, 3.63) is 0 Å². The van der Waals surface area contributed by atoms with Crippen molar-refractivity contribution in [2.45, 2.75) is 0 Å². The zero-order chi connectivity index (χ0) is 31.2. The van der Waals surface area contributed by atoms with Gasteiger partial charge in [-0.2, -0.15) is 0 Å². The Bertz CT molecular complexity index is 2060. The van der Waals surface area contributed by atoms with Crippen molar-refractivity contribution in [2.75, 3.05) is 0 Å². The first-order chi connectivity index (χ1) is 17.6. The summed E-state index contributed by atoms with van der Waals surface area (Å²) in [5.41, 5.74) is 0. The Morgan fingerprint density at radius 2 is 0.326 bits per heavy atom. The molecule has 0 aromatic heterocycles. The second kappa shape index (κ2) is 10.0. The first-order valence-corrected chi connectivity index (χ1v) is 68.2. The van der Waals surface area contributed by atoms with Gasteiger partial charge in [0.05, 0.1) is 0 Å². The standard InChI is InChI=1S/4K.32O.10W/q4*+1;;;;;;;;;;;;;;;;;;;;;;;;;;;;;4*-1;;;;;;;;;;. The van der Waals surface area contributed by atoms with Crippen LogP contribution in [0.4, 0.5) is 0 Å². The molecule has 12 heterocycles. The van der Waals surface area contributed by atoms with E-state index in [1.54, 1.807) is 0 Å². The molecule has 12 fully saturated rings. The van der Waals surface area contributed by atoms with Crippen LogP contribution in [0, 0.1) is 0 Å². The van der Waals surface area contributed by atoms with Gasteiger partial charge in [0.1, 0.15) is 0 Å². The van der Waals surface area contributed by atoms with Gasteiger partial charge >= 0.3 is 454 Å². The van der Waals surface area contributed by atoms with E-state index in [0.29, 0.717) is 0 Å². The fraction of sp³-hybridized carbons (Fsp3) is 0. The first kappa shape index (κ1) is 47.6. The zero-order valence-electron chi connectivity index (χ0n) is 21.1. The fourth-order valence-electron chi connectivity index (χ4n) is 3.76. The molecule has 0 aromatic carbocycles. The van der Waals surface area contributed by atoms with Gasteiger partial charge in [-0.1, -0.05) is 0 Å². The Balaban J connectivity index is 0.00000104. The molecule has 0 aromatic rings. The van der Waals surface area contributed by atoms with E-state index in [1.807, 2.05) is 0 Å². The van der Waals surface area contributed by atoms with Gasteiger partial charge in [0, 0.05) is 0 Å². The van der Waals surface area contributed by atoms with Gasteiger partial charge in [-0.3, -0.25) is 0 Å².